The molecule has 2 rings (SSSR count). The lowest BCUT2D eigenvalue weighted by Gasteiger charge is -2.16. The van der Waals surface area contributed by atoms with E-state index in [-0.39, 0.29) is 6.04 Å². The van der Waals surface area contributed by atoms with E-state index in [2.05, 4.69) is 34.6 Å². The number of nitrogens with two attached hydrogens (primary N) is 1. The van der Waals surface area contributed by atoms with E-state index < -0.39 is 0 Å². The zero-order valence-electron chi connectivity index (χ0n) is 12.2. The summed E-state index contributed by atoms with van der Waals surface area (Å²) in [5, 5.41) is 4.47. The molecule has 0 aliphatic carbocycles. The van der Waals surface area contributed by atoms with Crippen LogP contribution in [0, 0.1) is 6.92 Å². The average molecular weight is 273 g/mol. The van der Waals surface area contributed by atoms with Gasteiger partial charge in [-0.2, -0.15) is 5.10 Å². The maximum absolute atomic E-state index is 5.69. The van der Waals surface area contributed by atoms with Crippen molar-refractivity contribution >= 4 is 0 Å². The number of nitrogens with zero attached hydrogens (tertiary/aromatic N) is 3. The fourth-order valence-corrected chi connectivity index (χ4v) is 2.42. The second-order valence-corrected chi connectivity index (χ2v) is 5.06. The summed E-state index contributed by atoms with van der Waals surface area (Å²) in [6, 6.07) is 6.45. The van der Waals surface area contributed by atoms with Crippen LogP contribution in [-0.4, -0.2) is 20.8 Å². The van der Waals surface area contributed by atoms with Gasteiger partial charge in [0.05, 0.1) is 5.69 Å². The highest BCUT2D eigenvalue weighted by molar-refractivity contribution is 5.12. The van der Waals surface area contributed by atoms with Gasteiger partial charge in [0.2, 0.25) is 0 Å². The van der Waals surface area contributed by atoms with Crippen molar-refractivity contribution in [2.75, 3.05) is 0 Å². The first kappa shape index (κ1) is 14.7. The van der Waals surface area contributed by atoms with Crippen molar-refractivity contribution < 1.29 is 0 Å². The number of aromatic nitrogens is 3. The van der Waals surface area contributed by atoms with E-state index in [1.54, 1.807) is 6.20 Å². The van der Waals surface area contributed by atoms with Crippen LogP contribution in [0.5, 0.6) is 0 Å². The largest absolute Gasteiger partial charge is 0.271 e. The molecule has 5 nitrogen and oxygen atoms in total. The minimum Gasteiger partial charge on any atom is -0.271 e. The summed E-state index contributed by atoms with van der Waals surface area (Å²) in [7, 11) is 0. The molecule has 0 bridgehead atoms. The summed E-state index contributed by atoms with van der Waals surface area (Å²) >= 11 is 0. The molecule has 5 heteroatoms. The molecule has 0 aliphatic rings. The SMILES string of the molecule is CCn1nc(C)cc1CC(CCc1cccnc1)NN. The molecule has 1 unspecified atom stereocenters. The number of pyridine rings is 1. The van der Waals surface area contributed by atoms with Crippen LogP contribution in [0.15, 0.2) is 30.6 Å². The summed E-state index contributed by atoms with van der Waals surface area (Å²) in [6.45, 7) is 5.02. The minimum absolute atomic E-state index is 0.247. The molecule has 0 saturated carbocycles. The Morgan fingerprint density at radius 1 is 1.45 bits per heavy atom. The summed E-state index contributed by atoms with van der Waals surface area (Å²) < 4.78 is 2.05. The number of nitrogens with one attached hydrogen (secondary N) is 1. The summed E-state index contributed by atoms with van der Waals surface area (Å²) in [5.41, 5.74) is 6.46. The lowest BCUT2D eigenvalue weighted by atomic mass is 10.0. The third-order valence-electron chi connectivity index (χ3n) is 3.48. The number of hydrogen-bond acceptors (Lipinski definition) is 4. The summed E-state index contributed by atoms with van der Waals surface area (Å²) in [5.74, 6) is 5.69. The smallest absolute Gasteiger partial charge is 0.0596 e. The van der Waals surface area contributed by atoms with Crippen LogP contribution < -0.4 is 11.3 Å². The Kier molecular flexibility index (Phi) is 5.26. The van der Waals surface area contributed by atoms with Crippen molar-refractivity contribution in [3.8, 4) is 0 Å². The predicted molar refractivity (Wildman–Crippen MR) is 80.0 cm³/mol. The quantitative estimate of drug-likeness (QED) is 0.594. The first-order valence-electron chi connectivity index (χ1n) is 7.11. The second kappa shape index (κ2) is 7.17. The number of rotatable bonds is 7. The van der Waals surface area contributed by atoms with Gasteiger partial charge in [0, 0.05) is 37.1 Å². The number of hydrazine groups is 1. The van der Waals surface area contributed by atoms with Crippen molar-refractivity contribution in [1.29, 1.82) is 0 Å². The van der Waals surface area contributed by atoms with Crippen molar-refractivity contribution in [2.24, 2.45) is 5.84 Å². The van der Waals surface area contributed by atoms with E-state index in [1.165, 1.54) is 11.3 Å². The van der Waals surface area contributed by atoms with E-state index in [0.717, 1.165) is 31.5 Å². The Bertz CT molecular complexity index is 520. The molecule has 108 valence electrons. The third kappa shape index (κ3) is 3.88. The van der Waals surface area contributed by atoms with E-state index in [9.17, 15) is 0 Å². The molecule has 2 aromatic rings. The van der Waals surface area contributed by atoms with Gasteiger partial charge in [0.1, 0.15) is 0 Å². The minimum atomic E-state index is 0.247. The van der Waals surface area contributed by atoms with Crippen LogP contribution in [-0.2, 0) is 19.4 Å². The molecule has 0 fully saturated rings. The van der Waals surface area contributed by atoms with Crippen LogP contribution in [0.1, 0.15) is 30.3 Å². The Morgan fingerprint density at radius 2 is 2.30 bits per heavy atom. The first-order chi connectivity index (χ1) is 9.72. The lowest BCUT2D eigenvalue weighted by molar-refractivity contribution is 0.471. The van der Waals surface area contributed by atoms with E-state index in [0.29, 0.717) is 0 Å². The van der Waals surface area contributed by atoms with Crippen molar-refractivity contribution in [3.63, 3.8) is 0 Å². The summed E-state index contributed by atoms with van der Waals surface area (Å²) in [6.07, 6.45) is 6.56. The number of aryl methyl sites for hydroxylation is 3. The van der Waals surface area contributed by atoms with Crippen LogP contribution in [0.3, 0.4) is 0 Å². The molecule has 0 saturated heterocycles. The third-order valence-corrected chi connectivity index (χ3v) is 3.48. The zero-order chi connectivity index (χ0) is 14.4. The first-order valence-corrected chi connectivity index (χ1v) is 7.11. The molecule has 0 aromatic carbocycles. The van der Waals surface area contributed by atoms with E-state index >= 15 is 0 Å². The monoisotopic (exact) mass is 273 g/mol. The fourth-order valence-electron chi connectivity index (χ4n) is 2.42. The highest BCUT2D eigenvalue weighted by atomic mass is 15.3. The van der Waals surface area contributed by atoms with Gasteiger partial charge in [0.25, 0.3) is 0 Å². The highest BCUT2D eigenvalue weighted by Crippen LogP contribution is 2.11. The van der Waals surface area contributed by atoms with Crippen LogP contribution in [0.25, 0.3) is 0 Å². The topological polar surface area (TPSA) is 68.8 Å². The maximum Gasteiger partial charge on any atom is 0.0596 e. The normalized spacial score (nSPS) is 12.6. The fraction of sp³-hybridized carbons (Fsp3) is 0.467. The molecular weight excluding hydrogens is 250 g/mol. The van der Waals surface area contributed by atoms with Crippen molar-refractivity contribution in [2.45, 2.75) is 45.7 Å². The maximum atomic E-state index is 5.69. The van der Waals surface area contributed by atoms with E-state index in [1.807, 2.05) is 23.9 Å². The van der Waals surface area contributed by atoms with Gasteiger partial charge in [-0.05, 0) is 44.4 Å². The Balaban J connectivity index is 1.95. The molecule has 0 amide bonds. The van der Waals surface area contributed by atoms with Gasteiger partial charge in [0.15, 0.2) is 0 Å². The van der Waals surface area contributed by atoms with Gasteiger partial charge < -0.3 is 0 Å². The molecule has 0 spiro atoms. The van der Waals surface area contributed by atoms with Crippen molar-refractivity contribution in [3.05, 3.63) is 47.5 Å². The highest BCUT2D eigenvalue weighted by Gasteiger charge is 2.12. The Hall–Kier alpha value is -1.72. The molecule has 1 atom stereocenters. The van der Waals surface area contributed by atoms with Crippen molar-refractivity contribution in [1.82, 2.24) is 20.2 Å². The van der Waals surface area contributed by atoms with Crippen LogP contribution >= 0.6 is 0 Å². The molecule has 2 aromatic heterocycles. The van der Waals surface area contributed by atoms with Gasteiger partial charge in [-0.25, -0.2) is 0 Å². The number of hydrogen-bond donors (Lipinski definition) is 2. The van der Waals surface area contributed by atoms with Gasteiger partial charge in [-0.1, -0.05) is 6.07 Å². The molecule has 3 N–H and O–H groups in total. The van der Waals surface area contributed by atoms with Gasteiger partial charge >= 0.3 is 0 Å². The summed E-state index contributed by atoms with van der Waals surface area (Å²) in [4.78, 5) is 4.14. The predicted octanol–water partition coefficient (Wildman–Crippen LogP) is 1.61. The average Bonchev–Trinajstić information content (AvgIpc) is 2.84. The molecule has 0 aliphatic heterocycles. The molecule has 20 heavy (non-hydrogen) atoms. The van der Waals surface area contributed by atoms with Gasteiger partial charge in [-0.15, -0.1) is 0 Å². The van der Waals surface area contributed by atoms with Gasteiger partial charge in [-0.3, -0.25) is 20.9 Å². The van der Waals surface area contributed by atoms with Crippen LogP contribution in [0.4, 0.5) is 0 Å². The zero-order valence-corrected chi connectivity index (χ0v) is 12.2. The van der Waals surface area contributed by atoms with E-state index in [4.69, 9.17) is 5.84 Å². The molecule has 0 radical (unpaired) electrons. The standard InChI is InChI=1S/C15H23N5/c1-3-20-15(9-12(2)19-20)10-14(18-16)7-6-13-5-4-8-17-11-13/h4-5,8-9,11,14,18H,3,6-7,10,16H2,1-2H3. The Morgan fingerprint density at radius 3 is 2.95 bits per heavy atom. The molecule has 2 heterocycles. The lowest BCUT2D eigenvalue weighted by Crippen LogP contribution is -2.37. The molecular formula is C15H23N5. The second-order valence-electron chi connectivity index (χ2n) is 5.06. The van der Waals surface area contributed by atoms with Crippen LogP contribution in [0.2, 0.25) is 0 Å². The Labute approximate surface area is 120 Å².